The lowest BCUT2D eigenvalue weighted by atomic mass is 10.2. The van der Waals surface area contributed by atoms with E-state index in [0.717, 1.165) is 16.7 Å². The molecule has 0 unspecified atom stereocenters. The third kappa shape index (κ3) is 3.39. The maximum atomic E-state index is 10.7. The second-order valence-electron chi connectivity index (χ2n) is 4.99. The van der Waals surface area contributed by atoms with E-state index in [2.05, 4.69) is 19.9 Å². The highest BCUT2D eigenvalue weighted by atomic mass is 16.6. The summed E-state index contributed by atoms with van der Waals surface area (Å²) in [5, 5.41) is 10.7. The molecule has 0 saturated carbocycles. The normalized spacial score (nSPS) is 10.2. The van der Waals surface area contributed by atoms with Crippen molar-refractivity contribution < 1.29 is 4.92 Å². The Kier molecular flexibility index (Phi) is 4.29. The molecule has 0 radical (unpaired) electrons. The highest BCUT2D eigenvalue weighted by Gasteiger charge is 2.17. The first-order valence-corrected chi connectivity index (χ1v) is 7.16. The molecule has 0 spiro atoms. The maximum Gasteiger partial charge on any atom is 0.319 e. The second-order valence-corrected chi connectivity index (χ2v) is 4.99. The number of nitrogen functional groups attached to an aromatic ring is 2. The van der Waals surface area contributed by atoms with E-state index < -0.39 is 4.92 Å². The fraction of sp³-hybridized carbons (Fsp3) is 0. The highest BCUT2D eigenvalue weighted by Crippen LogP contribution is 2.28. The largest absolute Gasteiger partial charge is 0.399 e. The maximum absolute atomic E-state index is 10.7. The molecule has 4 aromatic rings. The summed E-state index contributed by atoms with van der Waals surface area (Å²) in [6.45, 7) is 0. The summed E-state index contributed by atoms with van der Waals surface area (Å²) < 4.78 is 0. The molecule has 0 aliphatic heterocycles. The van der Waals surface area contributed by atoms with E-state index in [-0.39, 0.29) is 16.9 Å². The van der Waals surface area contributed by atoms with E-state index in [4.69, 9.17) is 11.5 Å². The van der Waals surface area contributed by atoms with Crippen molar-refractivity contribution in [2.75, 3.05) is 11.5 Å². The van der Waals surface area contributed by atoms with Crippen LogP contribution in [0.25, 0.3) is 22.1 Å². The molecule has 0 aliphatic rings. The number of nitrogens with two attached hydrogens (primary N) is 2. The van der Waals surface area contributed by atoms with Crippen LogP contribution in [0.4, 0.5) is 17.1 Å². The molecule has 2 aromatic heterocycles. The molecule has 4 rings (SSSR count). The minimum Gasteiger partial charge on any atom is -0.399 e. The van der Waals surface area contributed by atoms with E-state index in [0.29, 0.717) is 5.52 Å². The first kappa shape index (κ1) is 16.0. The smallest absolute Gasteiger partial charge is 0.319 e. The van der Waals surface area contributed by atoms with Gasteiger partial charge in [0.15, 0.2) is 5.52 Å². The molecule has 9 nitrogen and oxygen atoms in total. The van der Waals surface area contributed by atoms with Gasteiger partial charge in [0.05, 0.1) is 21.5 Å². The quantitative estimate of drug-likeness (QED) is 0.306. The number of aromatic nitrogens is 4. The van der Waals surface area contributed by atoms with Gasteiger partial charge in [0, 0.05) is 30.5 Å². The van der Waals surface area contributed by atoms with Crippen molar-refractivity contribution in [3.05, 3.63) is 65.2 Å². The first-order chi connectivity index (χ1) is 12.1. The Labute approximate surface area is 141 Å². The van der Waals surface area contributed by atoms with E-state index in [9.17, 15) is 10.1 Å². The number of hydrogen-bond donors (Lipinski definition) is 2. The Morgan fingerprint density at radius 2 is 1.40 bits per heavy atom. The summed E-state index contributed by atoms with van der Waals surface area (Å²) in [5.41, 5.74) is 14.1. The van der Waals surface area contributed by atoms with E-state index in [1.165, 1.54) is 18.5 Å². The molecule has 0 amide bonds. The van der Waals surface area contributed by atoms with Crippen molar-refractivity contribution in [1.82, 2.24) is 19.9 Å². The Balaban J connectivity index is 0.000000150. The molecule has 0 aliphatic carbocycles. The molecule has 25 heavy (non-hydrogen) atoms. The Morgan fingerprint density at radius 1 is 0.800 bits per heavy atom. The lowest BCUT2D eigenvalue weighted by molar-refractivity contribution is -0.382. The van der Waals surface area contributed by atoms with Crippen LogP contribution in [0.2, 0.25) is 0 Å². The van der Waals surface area contributed by atoms with Crippen LogP contribution in [0.1, 0.15) is 0 Å². The van der Waals surface area contributed by atoms with E-state index >= 15 is 0 Å². The molecule has 4 N–H and O–H groups in total. The van der Waals surface area contributed by atoms with Crippen LogP contribution in [0.5, 0.6) is 0 Å². The van der Waals surface area contributed by atoms with Crippen LogP contribution in [-0.2, 0) is 0 Å². The van der Waals surface area contributed by atoms with Crippen LogP contribution >= 0.6 is 0 Å². The van der Waals surface area contributed by atoms with Gasteiger partial charge >= 0.3 is 5.69 Å². The third-order valence-corrected chi connectivity index (χ3v) is 3.32. The van der Waals surface area contributed by atoms with Crippen LogP contribution in [0.15, 0.2) is 55.1 Å². The summed E-state index contributed by atoms with van der Waals surface area (Å²) in [6.07, 6.45) is 6.19. The van der Waals surface area contributed by atoms with Gasteiger partial charge in [-0.3, -0.25) is 25.1 Å². The standard InChI is InChI=1S/C8H6N4O2.C8H7N3/c9-5-1-2-6-7(8(5)12(13)14)11-4-3-10-6;9-6-1-2-7-8(5-6)11-4-3-10-7/h1-4H,9H2;1-5H,9H2. The number of nitro groups is 1. The summed E-state index contributed by atoms with van der Waals surface area (Å²) >= 11 is 0. The molecule has 0 saturated heterocycles. The third-order valence-electron chi connectivity index (χ3n) is 3.32. The first-order valence-electron chi connectivity index (χ1n) is 7.16. The highest BCUT2D eigenvalue weighted by molar-refractivity contribution is 5.90. The average Bonchev–Trinajstić information content (AvgIpc) is 2.61. The number of hydrogen-bond acceptors (Lipinski definition) is 8. The summed E-state index contributed by atoms with van der Waals surface area (Å²) in [5.74, 6) is 0. The van der Waals surface area contributed by atoms with Gasteiger partial charge in [-0.15, -0.1) is 0 Å². The van der Waals surface area contributed by atoms with Crippen molar-refractivity contribution in [3.63, 3.8) is 0 Å². The lowest BCUT2D eigenvalue weighted by Crippen LogP contribution is -1.98. The Bertz CT molecular complexity index is 1070. The minimum atomic E-state index is -0.549. The van der Waals surface area contributed by atoms with Gasteiger partial charge in [-0.1, -0.05) is 0 Å². The van der Waals surface area contributed by atoms with Gasteiger partial charge in [-0.2, -0.15) is 0 Å². The predicted molar refractivity (Wildman–Crippen MR) is 94.6 cm³/mol. The van der Waals surface area contributed by atoms with Crippen molar-refractivity contribution >= 4 is 39.1 Å². The topological polar surface area (TPSA) is 147 Å². The number of nitro benzene ring substituents is 1. The van der Waals surface area contributed by atoms with Crippen LogP contribution in [0.3, 0.4) is 0 Å². The van der Waals surface area contributed by atoms with Gasteiger partial charge in [-0.05, 0) is 30.3 Å². The zero-order valence-corrected chi connectivity index (χ0v) is 12.9. The number of nitrogens with zero attached hydrogens (tertiary/aromatic N) is 5. The molecule has 2 heterocycles. The molecule has 9 heteroatoms. The SMILES string of the molecule is Nc1ccc2nccnc2c1.Nc1ccc2nccnc2c1[N+](=O)[O-]. The monoisotopic (exact) mass is 335 g/mol. The number of fused-ring (bicyclic) bond motifs is 2. The van der Waals surface area contributed by atoms with E-state index in [1.807, 2.05) is 18.2 Å². The minimum absolute atomic E-state index is 0.100. The van der Waals surface area contributed by atoms with Crippen LogP contribution in [0, 0.1) is 10.1 Å². The summed E-state index contributed by atoms with van der Waals surface area (Å²) in [6, 6.07) is 8.54. The number of rotatable bonds is 1. The average molecular weight is 335 g/mol. The molecule has 124 valence electrons. The van der Waals surface area contributed by atoms with Gasteiger partial charge in [0.25, 0.3) is 0 Å². The molecular weight excluding hydrogens is 322 g/mol. The molecule has 2 aromatic carbocycles. The second kappa shape index (κ2) is 6.71. The van der Waals surface area contributed by atoms with Gasteiger partial charge < -0.3 is 11.5 Å². The molecule has 0 atom stereocenters. The van der Waals surface area contributed by atoms with Gasteiger partial charge in [0.1, 0.15) is 5.69 Å². The van der Waals surface area contributed by atoms with Crippen molar-refractivity contribution in [3.8, 4) is 0 Å². The van der Waals surface area contributed by atoms with Crippen molar-refractivity contribution in [2.24, 2.45) is 0 Å². The molecule has 0 fully saturated rings. The Hall–Kier alpha value is -3.88. The summed E-state index contributed by atoms with van der Waals surface area (Å²) in [4.78, 5) is 26.2. The lowest BCUT2D eigenvalue weighted by Gasteiger charge is -1.99. The molecular formula is C16H13N7O2. The number of benzene rings is 2. The van der Waals surface area contributed by atoms with Crippen molar-refractivity contribution in [1.29, 1.82) is 0 Å². The number of anilines is 2. The Morgan fingerprint density at radius 3 is 2.12 bits per heavy atom. The van der Waals surface area contributed by atoms with Crippen LogP contribution in [-0.4, -0.2) is 24.9 Å². The fourth-order valence-electron chi connectivity index (χ4n) is 2.21. The fourth-order valence-corrected chi connectivity index (χ4v) is 2.21. The summed E-state index contributed by atoms with van der Waals surface area (Å²) in [7, 11) is 0. The predicted octanol–water partition coefficient (Wildman–Crippen LogP) is 2.33. The zero-order chi connectivity index (χ0) is 17.8. The van der Waals surface area contributed by atoms with Gasteiger partial charge in [0.2, 0.25) is 0 Å². The van der Waals surface area contributed by atoms with E-state index in [1.54, 1.807) is 18.5 Å². The molecule has 0 bridgehead atoms. The van der Waals surface area contributed by atoms with Gasteiger partial charge in [-0.25, -0.2) is 4.98 Å². The van der Waals surface area contributed by atoms with Crippen LogP contribution < -0.4 is 11.5 Å². The zero-order valence-electron chi connectivity index (χ0n) is 12.9. The van der Waals surface area contributed by atoms with Crippen molar-refractivity contribution in [2.45, 2.75) is 0 Å².